The quantitative estimate of drug-likeness (QED) is 0.346. The van der Waals surface area contributed by atoms with Crippen molar-refractivity contribution in [2.24, 2.45) is 0 Å². The fraction of sp³-hybridized carbons (Fsp3) is 0.200. The Morgan fingerprint density at radius 2 is 1.69 bits per heavy atom. The lowest BCUT2D eigenvalue weighted by Crippen LogP contribution is -2.13. The molecule has 0 aliphatic heterocycles. The van der Waals surface area contributed by atoms with Crippen molar-refractivity contribution in [3.63, 3.8) is 0 Å². The molecular weight excluding hydrogens is 225 g/mol. The fourth-order valence-corrected chi connectivity index (χ4v) is 0.945. The summed E-state index contributed by atoms with van der Waals surface area (Å²) in [5, 5.41) is 0. The van der Waals surface area contributed by atoms with Gasteiger partial charge in [0.25, 0.3) is 0 Å². The number of ketones is 1. The maximum atomic E-state index is 13.0. The highest BCUT2D eigenvalue weighted by Crippen LogP contribution is 2.21. The van der Waals surface area contributed by atoms with Crippen molar-refractivity contribution < 1.29 is 27.5 Å². The summed E-state index contributed by atoms with van der Waals surface area (Å²) in [6, 6.07) is 0.661. The largest absolute Gasteiger partial charge is 0.423 e. The number of Topliss-reactive ketones (excluding diaryl/α,β-unsaturated/α-hetero) is 1. The predicted octanol–water partition coefficient (Wildman–Crippen LogP) is 1.99. The molecule has 0 amide bonds. The topological polar surface area (TPSA) is 43.4 Å². The summed E-state index contributed by atoms with van der Waals surface area (Å²) in [5.41, 5.74) is 0. The molecule has 0 N–H and O–H groups in total. The molecule has 0 fully saturated rings. The van der Waals surface area contributed by atoms with E-state index in [-0.39, 0.29) is 6.07 Å². The van der Waals surface area contributed by atoms with E-state index >= 15 is 0 Å². The molecule has 0 spiro atoms. The van der Waals surface area contributed by atoms with Gasteiger partial charge in [0.15, 0.2) is 23.2 Å². The summed E-state index contributed by atoms with van der Waals surface area (Å²) in [6.07, 6.45) is -0.557. The molecule has 0 radical (unpaired) electrons. The molecule has 0 saturated heterocycles. The van der Waals surface area contributed by atoms with Gasteiger partial charge in [-0.25, -0.2) is 13.2 Å². The van der Waals surface area contributed by atoms with Crippen LogP contribution in [0.25, 0.3) is 0 Å². The van der Waals surface area contributed by atoms with Crippen LogP contribution in [-0.4, -0.2) is 11.8 Å². The zero-order chi connectivity index (χ0) is 12.3. The van der Waals surface area contributed by atoms with E-state index in [0.29, 0.717) is 6.07 Å². The van der Waals surface area contributed by atoms with Crippen molar-refractivity contribution >= 4 is 11.8 Å². The van der Waals surface area contributed by atoms with Gasteiger partial charge in [-0.1, -0.05) is 0 Å². The van der Waals surface area contributed by atoms with E-state index in [2.05, 4.69) is 4.74 Å². The molecule has 0 aliphatic carbocycles. The summed E-state index contributed by atoms with van der Waals surface area (Å²) in [6.45, 7) is 1.14. The molecule has 0 unspecified atom stereocenters. The molecule has 6 heteroatoms. The first kappa shape index (κ1) is 12.2. The molecule has 16 heavy (non-hydrogen) atoms. The number of rotatable bonds is 3. The number of carbonyl (C=O) groups excluding carboxylic acids is 2. The second-order valence-electron chi connectivity index (χ2n) is 3.05. The molecule has 86 valence electrons. The van der Waals surface area contributed by atoms with E-state index in [1.165, 1.54) is 0 Å². The van der Waals surface area contributed by atoms with Gasteiger partial charge in [0.2, 0.25) is 0 Å². The van der Waals surface area contributed by atoms with Crippen LogP contribution in [0.3, 0.4) is 0 Å². The van der Waals surface area contributed by atoms with Gasteiger partial charge in [-0.05, 0) is 6.92 Å². The molecule has 0 aliphatic rings. The van der Waals surface area contributed by atoms with Crippen molar-refractivity contribution in [1.29, 1.82) is 0 Å². The van der Waals surface area contributed by atoms with E-state index < -0.39 is 41.4 Å². The van der Waals surface area contributed by atoms with Crippen LogP contribution in [-0.2, 0) is 9.59 Å². The van der Waals surface area contributed by atoms with E-state index in [4.69, 9.17) is 0 Å². The summed E-state index contributed by atoms with van der Waals surface area (Å²) in [5.74, 6) is -6.19. The molecule has 0 bridgehead atoms. The Bertz CT molecular complexity index is 443. The van der Waals surface area contributed by atoms with Crippen molar-refractivity contribution in [2.75, 3.05) is 0 Å². The predicted molar refractivity (Wildman–Crippen MR) is 47.2 cm³/mol. The number of carbonyl (C=O) groups is 2. The molecule has 0 saturated carbocycles. The van der Waals surface area contributed by atoms with E-state index in [1.807, 2.05) is 0 Å². The van der Waals surface area contributed by atoms with Crippen LogP contribution in [0, 0.1) is 17.5 Å². The lowest BCUT2D eigenvalue weighted by Gasteiger charge is -2.04. The Balaban J connectivity index is 2.85. The third kappa shape index (κ3) is 3.08. The zero-order valence-corrected chi connectivity index (χ0v) is 8.22. The molecular formula is C10H7F3O3. The number of hydrogen-bond donors (Lipinski definition) is 0. The number of halogens is 3. The molecule has 0 aromatic heterocycles. The van der Waals surface area contributed by atoms with Gasteiger partial charge in [-0.2, -0.15) is 0 Å². The molecule has 1 aromatic rings. The highest BCUT2D eigenvalue weighted by atomic mass is 19.2. The molecule has 0 heterocycles. The molecule has 1 aromatic carbocycles. The van der Waals surface area contributed by atoms with Gasteiger partial charge in [0, 0.05) is 12.1 Å². The van der Waals surface area contributed by atoms with Crippen LogP contribution in [0.15, 0.2) is 12.1 Å². The Morgan fingerprint density at radius 1 is 1.12 bits per heavy atom. The highest BCUT2D eigenvalue weighted by Gasteiger charge is 2.15. The monoisotopic (exact) mass is 232 g/mol. The molecule has 3 nitrogen and oxygen atoms in total. The summed E-state index contributed by atoms with van der Waals surface area (Å²) in [4.78, 5) is 21.5. The zero-order valence-electron chi connectivity index (χ0n) is 8.22. The van der Waals surface area contributed by atoms with Gasteiger partial charge in [0.1, 0.15) is 12.2 Å². The van der Waals surface area contributed by atoms with E-state index in [1.54, 1.807) is 0 Å². The first-order valence-corrected chi connectivity index (χ1v) is 4.25. The Hall–Kier alpha value is -1.85. The molecule has 1 rings (SSSR count). The van der Waals surface area contributed by atoms with Gasteiger partial charge >= 0.3 is 5.97 Å². The summed E-state index contributed by atoms with van der Waals surface area (Å²) in [7, 11) is 0. The fourth-order valence-electron chi connectivity index (χ4n) is 0.945. The van der Waals surface area contributed by atoms with Crippen molar-refractivity contribution in [1.82, 2.24) is 0 Å². The van der Waals surface area contributed by atoms with Crippen LogP contribution in [0.4, 0.5) is 13.2 Å². The lowest BCUT2D eigenvalue weighted by atomic mass is 10.3. The molecule has 0 atom stereocenters. The van der Waals surface area contributed by atoms with Gasteiger partial charge in [0.05, 0.1) is 0 Å². The number of benzene rings is 1. The smallest absolute Gasteiger partial charge is 0.318 e. The van der Waals surface area contributed by atoms with Crippen LogP contribution in [0.2, 0.25) is 0 Å². The van der Waals surface area contributed by atoms with Crippen LogP contribution < -0.4 is 4.74 Å². The summed E-state index contributed by atoms with van der Waals surface area (Å²) >= 11 is 0. The Kier molecular flexibility index (Phi) is 3.65. The Morgan fingerprint density at radius 3 is 2.25 bits per heavy atom. The van der Waals surface area contributed by atoms with Crippen LogP contribution in [0.1, 0.15) is 13.3 Å². The van der Waals surface area contributed by atoms with Crippen LogP contribution >= 0.6 is 0 Å². The van der Waals surface area contributed by atoms with Gasteiger partial charge in [-0.3, -0.25) is 9.59 Å². The van der Waals surface area contributed by atoms with Gasteiger partial charge < -0.3 is 4.74 Å². The normalized spacial score (nSPS) is 10.0. The van der Waals surface area contributed by atoms with Gasteiger partial charge in [-0.15, -0.1) is 0 Å². The summed E-state index contributed by atoms with van der Waals surface area (Å²) < 4.78 is 42.5. The lowest BCUT2D eigenvalue weighted by molar-refractivity contribution is -0.137. The van der Waals surface area contributed by atoms with Crippen LogP contribution in [0.5, 0.6) is 5.75 Å². The maximum absolute atomic E-state index is 13.0. The number of esters is 1. The SMILES string of the molecule is CC(=O)CC(=O)Oc1cc(F)c(F)cc1F. The second kappa shape index (κ2) is 4.78. The first-order valence-electron chi connectivity index (χ1n) is 4.25. The number of ether oxygens (including phenoxy) is 1. The second-order valence-corrected chi connectivity index (χ2v) is 3.05. The van der Waals surface area contributed by atoms with E-state index in [0.717, 1.165) is 6.92 Å². The Labute approximate surface area is 88.8 Å². The average molecular weight is 232 g/mol. The van der Waals surface area contributed by atoms with E-state index in [9.17, 15) is 22.8 Å². The van der Waals surface area contributed by atoms with Crippen molar-refractivity contribution in [3.05, 3.63) is 29.6 Å². The maximum Gasteiger partial charge on any atom is 0.318 e. The van der Waals surface area contributed by atoms with Crippen molar-refractivity contribution in [3.8, 4) is 5.75 Å². The minimum absolute atomic E-state index is 0.256. The minimum Gasteiger partial charge on any atom is -0.423 e. The van der Waals surface area contributed by atoms with Crippen molar-refractivity contribution in [2.45, 2.75) is 13.3 Å². The highest BCUT2D eigenvalue weighted by molar-refractivity contribution is 5.94. The standard InChI is InChI=1S/C10H7F3O3/c1-5(14)2-10(15)16-9-4-7(12)6(11)3-8(9)13/h3-4H,2H2,1H3. The minimum atomic E-state index is -1.39. The first-order chi connectivity index (χ1) is 7.40. The third-order valence-electron chi connectivity index (χ3n) is 1.59. The third-order valence-corrected chi connectivity index (χ3v) is 1.59. The average Bonchev–Trinajstić information content (AvgIpc) is 2.12. The number of hydrogen-bond acceptors (Lipinski definition) is 3.